The second-order valence-corrected chi connectivity index (χ2v) is 10.7. The van der Waals surface area contributed by atoms with Gasteiger partial charge in [0.25, 0.3) is 0 Å². The summed E-state index contributed by atoms with van der Waals surface area (Å²) in [5.41, 5.74) is 3.55. The number of nitrogens with one attached hydrogen (secondary N) is 2. The van der Waals surface area contributed by atoms with Crippen LogP contribution in [-0.2, 0) is 23.8 Å². The molecule has 0 unspecified atom stereocenters. The Morgan fingerprint density at radius 3 is 1.97 bits per heavy atom. The van der Waals surface area contributed by atoms with Gasteiger partial charge in [0.15, 0.2) is 11.8 Å². The normalized spacial score (nSPS) is 14.1. The van der Waals surface area contributed by atoms with E-state index >= 15 is 0 Å². The lowest BCUT2D eigenvalue weighted by Gasteiger charge is -2.23. The minimum absolute atomic E-state index is 0.103. The summed E-state index contributed by atoms with van der Waals surface area (Å²) in [5, 5.41) is 14.2. The van der Waals surface area contributed by atoms with Crippen molar-refractivity contribution in [2.75, 3.05) is 19.8 Å². The molecule has 0 spiro atoms. The van der Waals surface area contributed by atoms with Gasteiger partial charge in [-0.25, -0.2) is 14.4 Å². The third-order valence-corrected chi connectivity index (χ3v) is 6.15. The molecule has 1 aliphatic rings. The molecule has 3 rings (SSSR count). The maximum Gasteiger partial charge on any atom is 0.408 e. The van der Waals surface area contributed by atoms with Crippen molar-refractivity contribution in [1.29, 1.82) is 0 Å². The van der Waals surface area contributed by atoms with Gasteiger partial charge < -0.3 is 30.0 Å². The fourth-order valence-corrected chi connectivity index (χ4v) is 4.38. The first-order valence-electron chi connectivity index (χ1n) is 12.8. The maximum absolute atomic E-state index is 12.8. The highest BCUT2D eigenvalue weighted by Gasteiger charge is 2.31. The van der Waals surface area contributed by atoms with Crippen LogP contribution in [0.2, 0.25) is 0 Å². The minimum Gasteiger partial charge on any atom is -0.480 e. The lowest BCUT2D eigenvalue weighted by atomic mass is 9.98. The van der Waals surface area contributed by atoms with Gasteiger partial charge in [0.1, 0.15) is 18.8 Å². The van der Waals surface area contributed by atoms with E-state index in [1.54, 1.807) is 34.6 Å². The lowest BCUT2D eigenvalue weighted by molar-refractivity contribution is -0.142. The van der Waals surface area contributed by atoms with Gasteiger partial charge >= 0.3 is 18.2 Å². The van der Waals surface area contributed by atoms with Crippen molar-refractivity contribution in [3.63, 3.8) is 0 Å². The number of aliphatic carboxylic acids is 1. The third-order valence-electron chi connectivity index (χ3n) is 6.15. The van der Waals surface area contributed by atoms with Crippen LogP contribution in [0.1, 0.15) is 51.7 Å². The molecule has 2 atom stereocenters. The number of ketones is 1. The Bertz CT molecular complexity index is 1160. The number of carbonyl (C=O) groups is 4. The number of benzene rings is 2. The van der Waals surface area contributed by atoms with Crippen LogP contribution in [0.3, 0.4) is 0 Å². The molecule has 3 N–H and O–H groups in total. The van der Waals surface area contributed by atoms with Crippen molar-refractivity contribution in [3.05, 3.63) is 59.7 Å². The van der Waals surface area contributed by atoms with E-state index in [2.05, 4.69) is 10.6 Å². The highest BCUT2D eigenvalue weighted by Crippen LogP contribution is 2.44. The molecule has 0 radical (unpaired) electrons. The molecule has 10 nitrogen and oxygen atoms in total. The van der Waals surface area contributed by atoms with Crippen molar-refractivity contribution in [3.8, 4) is 11.1 Å². The SMILES string of the molecule is CC(C)[C@H](NC(=O)OCC1c2ccccc2-c2ccccc21)C(=O)COC[C@H](NC(=O)OC(C)(C)C)C(=O)O. The summed E-state index contributed by atoms with van der Waals surface area (Å²) in [6.07, 6.45) is -1.65. The molecule has 10 heteroatoms. The van der Waals surface area contributed by atoms with Crippen LogP contribution in [0.25, 0.3) is 11.1 Å². The van der Waals surface area contributed by atoms with E-state index in [0.717, 1.165) is 22.3 Å². The maximum atomic E-state index is 12.8. The molecule has 0 aliphatic heterocycles. The molecular formula is C29H36N2O8. The van der Waals surface area contributed by atoms with Crippen molar-refractivity contribution in [2.45, 2.75) is 58.2 Å². The molecule has 0 fully saturated rings. The molecule has 0 heterocycles. The summed E-state index contributed by atoms with van der Waals surface area (Å²) in [6.45, 7) is 7.63. The summed E-state index contributed by atoms with van der Waals surface area (Å²) in [6, 6.07) is 13.6. The monoisotopic (exact) mass is 540 g/mol. The first-order chi connectivity index (χ1) is 18.4. The predicted molar refractivity (Wildman–Crippen MR) is 143 cm³/mol. The number of alkyl carbamates (subject to hydrolysis) is 2. The smallest absolute Gasteiger partial charge is 0.408 e. The van der Waals surface area contributed by atoms with Crippen LogP contribution < -0.4 is 10.6 Å². The summed E-state index contributed by atoms with van der Waals surface area (Å²) in [4.78, 5) is 48.9. The van der Waals surface area contributed by atoms with Crippen LogP contribution in [-0.4, -0.2) is 66.6 Å². The Morgan fingerprint density at radius 1 is 0.897 bits per heavy atom. The Hall–Kier alpha value is -3.92. The van der Waals surface area contributed by atoms with Crippen LogP contribution in [0, 0.1) is 5.92 Å². The fourth-order valence-electron chi connectivity index (χ4n) is 4.38. The zero-order valence-corrected chi connectivity index (χ0v) is 22.9. The van der Waals surface area contributed by atoms with Crippen LogP contribution >= 0.6 is 0 Å². The van der Waals surface area contributed by atoms with E-state index < -0.39 is 54.8 Å². The lowest BCUT2D eigenvalue weighted by Crippen LogP contribution is -2.48. The average Bonchev–Trinajstić information content (AvgIpc) is 3.17. The van der Waals surface area contributed by atoms with Gasteiger partial charge in [-0.3, -0.25) is 4.79 Å². The number of amides is 2. The average molecular weight is 541 g/mol. The van der Waals surface area contributed by atoms with Gasteiger partial charge in [0.2, 0.25) is 0 Å². The molecule has 0 bridgehead atoms. The minimum atomic E-state index is -1.42. The Balaban J connectivity index is 1.53. The highest BCUT2D eigenvalue weighted by molar-refractivity contribution is 5.88. The number of carboxylic acids is 1. The van der Waals surface area contributed by atoms with Gasteiger partial charge in [0, 0.05) is 5.92 Å². The first kappa shape index (κ1) is 29.6. The fraction of sp³-hybridized carbons (Fsp3) is 0.448. The van der Waals surface area contributed by atoms with E-state index in [1.807, 2.05) is 48.5 Å². The molecule has 2 amide bonds. The van der Waals surface area contributed by atoms with Gasteiger partial charge in [-0.2, -0.15) is 0 Å². The molecular weight excluding hydrogens is 504 g/mol. The Morgan fingerprint density at radius 2 is 1.46 bits per heavy atom. The van der Waals surface area contributed by atoms with E-state index in [1.165, 1.54) is 0 Å². The highest BCUT2D eigenvalue weighted by atomic mass is 16.6. The van der Waals surface area contributed by atoms with Crippen molar-refractivity contribution < 1.29 is 38.5 Å². The molecule has 0 saturated carbocycles. The molecule has 2 aromatic carbocycles. The molecule has 210 valence electrons. The number of carboxylic acid groups (broad SMARTS) is 1. The number of ether oxygens (including phenoxy) is 3. The summed E-state index contributed by atoms with van der Waals surface area (Å²) in [7, 11) is 0. The quantitative estimate of drug-likeness (QED) is 0.387. The zero-order valence-electron chi connectivity index (χ0n) is 22.9. The van der Waals surface area contributed by atoms with Gasteiger partial charge in [-0.05, 0) is 48.9 Å². The summed E-state index contributed by atoms with van der Waals surface area (Å²) in [5.74, 6) is -2.20. The standard InChI is InChI=1S/C29H36N2O8/c1-17(2)25(24(32)16-37-15-23(26(33)34)30-28(36)39-29(3,4)5)31-27(35)38-14-22-20-12-8-6-10-18(20)19-11-7-9-13-21(19)22/h6-13,17,22-23,25H,14-16H2,1-5H3,(H,30,36)(H,31,35)(H,33,34)/t23-,25-/m0/s1. The number of hydrogen-bond donors (Lipinski definition) is 3. The van der Waals surface area contributed by atoms with E-state index in [9.17, 15) is 24.3 Å². The van der Waals surface area contributed by atoms with Crippen molar-refractivity contribution in [2.24, 2.45) is 5.92 Å². The molecule has 1 aliphatic carbocycles. The van der Waals surface area contributed by atoms with Gasteiger partial charge in [-0.15, -0.1) is 0 Å². The Kier molecular flexibility index (Phi) is 9.69. The number of carbonyl (C=O) groups excluding carboxylic acids is 3. The third kappa shape index (κ3) is 8.03. The zero-order chi connectivity index (χ0) is 28.7. The summed E-state index contributed by atoms with van der Waals surface area (Å²) >= 11 is 0. The number of hydrogen-bond acceptors (Lipinski definition) is 7. The molecule has 2 aromatic rings. The second-order valence-electron chi connectivity index (χ2n) is 10.7. The Labute approximate surface area is 228 Å². The second kappa shape index (κ2) is 12.8. The van der Waals surface area contributed by atoms with Gasteiger partial charge in [-0.1, -0.05) is 62.4 Å². The largest absolute Gasteiger partial charge is 0.480 e. The van der Waals surface area contributed by atoms with E-state index in [-0.39, 0.29) is 18.4 Å². The van der Waals surface area contributed by atoms with Crippen molar-refractivity contribution in [1.82, 2.24) is 10.6 Å². The van der Waals surface area contributed by atoms with Crippen LogP contribution in [0.4, 0.5) is 9.59 Å². The number of fused-ring (bicyclic) bond motifs is 3. The predicted octanol–water partition coefficient (Wildman–Crippen LogP) is 4.11. The van der Waals surface area contributed by atoms with Crippen LogP contribution in [0.5, 0.6) is 0 Å². The molecule has 39 heavy (non-hydrogen) atoms. The number of Topliss-reactive ketones (excluding diaryl/α,β-unsaturated/α-hetero) is 1. The summed E-state index contributed by atoms with van der Waals surface area (Å²) < 4.78 is 15.9. The topological polar surface area (TPSA) is 140 Å². The van der Waals surface area contributed by atoms with Crippen LogP contribution in [0.15, 0.2) is 48.5 Å². The molecule has 0 aromatic heterocycles. The van der Waals surface area contributed by atoms with Crippen molar-refractivity contribution >= 4 is 23.9 Å². The van der Waals surface area contributed by atoms with Gasteiger partial charge in [0.05, 0.1) is 12.6 Å². The first-order valence-corrected chi connectivity index (χ1v) is 12.8. The van der Waals surface area contributed by atoms with E-state index in [4.69, 9.17) is 14.2 Å². The number of rotatable bonds is 11. The molecule has 0 saturated heterocycles. The van der Waals surface area contributed by atoms with E-state index in [0.29, 0.717) is 0 Å².